The molecule has 2 heterocycles. The Balaban J connectivity index is 1.30. The van der Waals surface area contributed by atoms with E-state index in [4.69, 9.17) is 4.74 Å². The second-order valence-corrected chi connectivity index (χ2v) is 8.29. The number of aryl methyl sites for hydroxylation is 1. The number of rotatable bonds is 5. The zero-order chi connectivity index (χ0) is 21.2. The van der Waals surface area contributed by atoms with Gasteiger partial charge in [-0.25, -0.2) is 4.98 Å². The van der Waals surface area contributed by atoms with E-state index in [0.717, 1.165) is 35.1 Å². The van der Waals surface area contributed by atoms with Crippen molar-refractivity contribution in [1.82, 2.24) is 9.55 Å². The smallest absolute Gasteiger partial charge is 0.264 e. The monoisotopic (exact) mass is 418 g/mol. The van der Waals surface area contributed by atoms with Gasteiger partial charge in [-0.2, -0.15) is 0 Å². The number of carbonyl (C=O) groups excluding carboxylic acids is 2. The molecule has 1 saturated carbocycles. The fourth-order valence-corrected chi connectivity index (χ4v) is 4.60. The number of nitrogens with one attached hydrogen (secondary N) is 2. The highest BCUT2D eigenvalue weighted by Gasteiger charge is 2.22. The van der Waals surface area contributed by atoms with E-state index in [1.165, 1.54) is 19.3 Å². The number of ether oxygens (including phenoxy) is 1. The van der Waals surface area contributed by atoms with Crippen molar-refractivity contribution in [2.24, 2.45) is 0 Å². The molecule has 0 saturated heterocycles. The summed E-state index contributed by atoms with van der Waals surface area (Å²) in [6.45, 7) is -0.0982. The van der Waals surface area contributed by atoms with Crippen molar-refractivity contribution >= 4 is 34.5 Å². The van der Waals surface area contributed by atoms with Crippen LogP contribution in [0.15, 0.2) is 42.5 Å². The van der Waals surface area contributed by atoms with Gasteiger partial charge in [-0.3, -0.25) is 14.9 Å². The van der Waals surface area contributed by atoms with Gasteiger partial charge in [-0.1, -0.05) is 31.4 Å². The second-order valence-electron chi connectivity index (χ2n) is 8.29. The van der Waals surface area contributed by atoms with Gasteiger partial charge < -0.3 is 14.6 Å². The predicted molar refractivity (Wildman–Crippen MR) is 119 cm³/mol. The first kappa shape index (κ1) is 19.6. The lowest BCUT2D eigenvalue weighted by atomic mass is 9.95. The molecule has 0 atom stereocenters. The maximum atomic E-state index is 12.7. The van der Waals surface area contributed by atoms with E-state index in [1.54, 1.807) is 6.07 Å². The fourth-order valence-electron chi connectivity index (χ4n) is 4.60. The molecule has 0 bridgehead atoms. The number of anilines is 2. The van der Waals surface area contributed by atoms with Gasteiger partial charge in [0.2, 0.25) is 11.9 Å². The minimum absolute atomic E-state index is 0.0291. The largest absolute Gasteiger partial charge is 0.484 e. The van der Waals surface area contributed by atoms with E-state index in [2.05, 4.69) is 26.3 Å². The van der Waals surface area contributed by atoms with Crippen molar-refractivity contribution in [2.45, 2.75) is 51.0 Å². The predicted octanol–water partition coefficient (Wildman–Crippen LogP) is 4.44. The number of fused-ring (bicyclic) bond motifs is 2. The van der Waals surface area contributed by atoms with Crippen LogP contribution in [0.3, 0.4) is 0 Å². The number of benzene rings is 2. The fraction of sp³-hybridized carbons (Fsp3) is 0.375. The van der Waals surface area contributed by atoms with Gasteiger partial charge in [0.1, 0.15) is 5.75 Å². The number of para-hydroxylation sites is 2. The zero-order valence-electron chi connectivity index (χ0n) is 17.4. The Bertz CT molecular complexity index is 1130. The second kappa shape index (κ2) is 8.41. The number of aromatic nitrogens is 2. The molecule has 31 heavy (non-hydrogen) atoms. The summed E-state index contributed by atoms with van der Waals surface area (Å²) in [7, 11) is 0. The minimum atomic E-state index is -0.238. The van der Waals surface area contributed by atoms with Gasteiger partial charge in [0, 0.05) is 18.2 Å². The minimum Gasteiger partial charge on any atom is -0.484 e. The summed E-state index contributed by atoms with van der Waals surface area (Å²) in [6.07, 6.45) is 7.02. The molecular formula is C24H26N4O3. The van der Waals surface area contributed by atoms with Crippen LogP contribution in [0.4, 0.5) is 11.6 Å². The number of amides is 2. The maximum Gasteiger partial charge on any atom is 0.264 e. The molecule has 1 aliphatic carbocycles. The molecule has 160 valence electrons. The summed E-state index contributed by atoms with van der Waals surface area (Å²) in [6, 6.07) is 13.9. The zero-order valence-corrected chi connectivity index (χ0v) is 17.4. The number of nitrogens with zero attached hydrogens (tertiary/aromatic N) is 2. The van der Waals surface area contributed by atoms with E-state index in [0.29, 0.717) is 30.6 Å². The molecule has 3 aromatic rings. The van der Waals surface area contributed by atoms with Crippen LogP contribution in [0.5, 0.6) is 5.75 Å². The highest BCUT2D eigenvalue weighted by atomic mass is 16.5. The Morgan fingerprint density at radius 2 is 1.97 bits per heavy atom. The van der Waals surface area contributed by atoms with Gasteiger partial charge in [0.15, 0.2) is 6.61 Å². The molecule has 0 radical (unpaired) electrons. The Morgan fingerprint density at radius 1 is 1.13 bits per heavy atom. The van der Waals surface area contributed by atoms with Crippen molar-refractivity contribution in [1.29, 1.82) is 0 Å². The Labute approximate surface area is 180 Å². The van der Waals surface area contributed by atoms with Crippen molar-refractivity contribution < 1.29 is 14.3 Å². The van der Waals surface area contributed by atoms with Crippen LogP contribution in [0.25, 0.3) is 11.0 Å². The van der Waals surface area contributed by atoms with E-state index < -0.39 is 0 Å². The summed E-state index contributed by atoms with van der Waals surface area (Å²) in [4.78, 5) is 28.9. The van der Waals surface area contributed by atoms with Crippen LogP contribution in [-0.2, 0) is 16.0 Å². The van der Waals surface area contributed by atoms with Crippen molar-refractivity contribution in [3.8, 4) is 5.75 Å². The van der Waals surface area contributed by atoms with Crippen LogP contribution in [-0.4, -0.2) is 28.0 Å². The molecule has 0 unspecified atom stereocenters. The summed E-state index contributed by atoms with van der Waals surface area (Å²) >= 11 is 0. The van der Waals surface area contributed by atoms with Crippen molar-refractivity contribution in [3.63, 3.8) is 0 Å². The van der Waals surface area contributed by atoms with Crippen molar-refractivity contribution in [2.75, 3.05) is 17.2 Å². The van der Waals surface area contributed by atoms with Gasteiger partial charge in [-0.05, 0) is 55.2 Å². The summed E-state index contributed by atoms with van der Waals surface area (Å²) in [5, 5.41) is 5.82. The average molecular weight is 418 g/mol. The first-order valence-corrected chi connectivity index (χ1v) is 11.0. The van der Waals surface area contributed by atoms with Crippen LogP contribution >= 0.6 is 0 Å². The molecule has 2 aromatic carbocycles. The topological polar surface area (TPSA) is 85.2 Å². The molecule has 0 spiro atoms. The molecule has 2 aliphatic rings. The van der Waals surface area contributed by atoms with E-state index in [-0.39, 0.29) is 18.4 Å². The highest BCUT2D eigenvalue weighted by molar-refractivity contribution is 5.94. The molecule has 7 nitrogen and oxygen atoms in total. The molecule has 2 amide bonds. The number of hydrogen-bond donors (Lipinski definition) is 2. The lowest BCUT2D eigenvalue weighted by molar-refractivity contribution is -0.118. The van der Waals surface area contributed by atoms with Crippen molar-refractivity contribution in [3.05, 3.63) is 48.0 Å². The Kier molecular flexibility index (Phi) is 5.32. The summed E-state index contributed by atoms with van der Waals surface area (Å²) < 4.78 is 7.92. The Morgan fingerprint density at radius 3 is 2.84 bits per heavy atom. The molecule has 1 aliphatic heterocycles. The van der Waals surface area contributed by atoms with Gasteiger partial charge in [-0.15, -0.1) is 0 Å². The summed E-state index contributed by atoms with van der Waals surface area (Å²) in [5.74, 6) is 1.00. The molecule has 1 aromatic heterocycles. The van der Waals surface area contributed by atoms with Gasteiger partial charge in [0.05, 0.1) is 11.0 Å². The highest BCUT2D eigenvalue weighted by Crippen LogP contribution is 2.34. The first-order chi connectivity index (χ1) is 15.2. The number of hydrogen-bond acceptors (Lipinski definition) is 4. The van der Waals surface area contributed by atoms with Crippen LogP contribution in [0.2, 0.25) is 0 Å². The van der Waals surface area contributed by atoms with Gasteiger partial charge >= 0.3 is 0 Å². The molecule has 1 fully saturated rings. The molecule has 2 N–H and O–H groups in total. The first-order valence-electron chi connectivity index (χ1n) is 11.0. The van der Waals surface area contributed by atoms with Crippen LogP contribution in [0.1, 0.15) is 50.1 Å². The standard InChI is InChI=1S/C24H26N4O3/c29-22-13-10-16-14-18(11-12-19(16)25-22)31-15-23(30)27-24-26-20-8-4-5-9-21(20)28(24)17-6-2-1-3-7-17/h4-5,8-9,11-12,14,17H,1-3,6-7,10,13,15H2,(H,25,29)(H,26,27,30). The lowest BCUT2D eigenvalue weighted by Gasteiger charge is -2.25. The third kappa shape index (κ3) is 4.13. The van der Waals surface area contributed by atoms with E-state index >= 15 is 0 Å². The maximum absolute atomic E-state index is 12.7. The lowest BCUT2D eigenvalue weighted by Crippen LogP contribution is -2.24. The third-order valence-corrected chi connectivity index (χ3v) is 6.13. The SMILES string of the molecule is O=C1CCc2cc(OCC(=O)Nc3nc4ccccc4n3C3CCCCC3)ccc2N1. The number of imidazole rings is 1. The molecule has 7 heteroatoms. The molecular weight excluding hydrogens is 392 g/mol. The Hall–Kier alpha value is -3.35. The number of carbonyl (C=O) groups is 2. The quantitative estimate of drug-likeness (QED) is 0.641. The third-order valence-electron chi connectivity index (χ3n) is 6.13. The van der Waals surface area contributed by atoms with Crippen LogP contribution < -0.4 is 15.4 Å². The van der Waals surface area contributed by atoms with Crippen LogP contribution in [0, 0.1) is 0 Å². The molecule has 5 rings (SSSR count). The average Bonchev–Trinajstić information content (AvgIpc) is 3.16. The van der Waals surface area contributed by atoms with E-state index in [9.17, 15) is 9.59 Å². The van der Waals surface area contributed by atoms with E-state index in [1.807, 2.05) is 30.3 Å². The van der Waals surface area contributed by atoms with Gasteiger partial charge in [0.25, 0.3) is 5.91 Å². The summed E-state index contributed by atoms with van der Waals surface area (Å²) in [5.41, 5.74) is 3.79. The normalized spacial score (nSPS) is 16.6.